The summed E-state index contributed by atoms with van der Waals surface area (Å²) in [5, 5.41) is 8.22. The largest absolute Gasteiger partial charge is 0.500 e. The zero-order chi connectivity index (χ0) is 26.9. The summed E-state index contributed by atoms with van der Waals surface area (Å²) in [4.78, 5) is 3.00. The summed E-state index contributed by atoms with van der Waals surface area (Å²) in [7, 11) is 3.89. The maximum atomic E-state index is 13.6. The minimum Gasteiger partial charge on any atom is -0.500 e. The summed E-state index contributed by atoms with van der Waals surface area (Å²) in [5.41, 5.74) is 1.21. The van der Waals surface area contributed by atoms with Gasteiger partial charge in [0.05, 0.1) is 41.4 Å². The number of hydrogen-bond donors (Lipinski definition) is 2. The molecule has 1 aliphatic carbocycles. The van der Waals surface area contributed by atoms with E-state index in [1.807, 2.05) is 12.1 Å². The number of benzene rings is 1. The van der Waals surface area contributed by atoms with Gasteiger partial charge in [-0.3, -0.25) is 5.32 Å². The molecule has 2 saturated heterocycles. The van der Waals surface area contributed by atoms with Crippen molar-refractivity contribution >= 4 is 38.9 Å². The highest BCUT2D eigenvalue weighted by molar-refractivity contribution is 7.99. The van der Waals surface area contributed by atoms with Crippen LogP contribution in [-0.2, 0) is 11.2 Å². The van der Waals surface area contributed by atoms with Gasteiger partial charge in [0, 0.05) is 23.4 Å². The van der Waals surface area contributed by atoms with Gasteiger partial charge < -0.3 is 15.0 Å². The molecule has 0 saturated carbocycles. The van der Waals surface area contributed by atoms with Gasteiger partial charge in [0.2, 0.25) is 0 Å². The third-order valence-electron chi connectivity index (χ3n) is 8.26. The lowest BCUT2D eigenvalue weighted by Crippen LogP contribution is -2.44. The van der Waals surface area contributed by atoms with E-state index in [2.05, 4.69) is 46.8 Å². The number of thiophene rings is 1. The second-order valence-electron chi connectivity index (χ2n) is 10.6. The van der Waals surface area contributed by atoms with Gasteiger partial charge in [-0.1, -0.05) is 24.0 Å². The number of halogens is 3. The number of ether oxygens (including phenoxy) is 1. The fourth-order valence-corrected chi connectivity index (χ4v) is 8.08. The van der Waals surface area contributed by atoms with Crippen molar-refractivity contribution in [1.29, 1.82) is 0 Å². The van der Waals surface area contributed by atoms with Crippen LogP contribution >= 0.6 is 23.1 Å². The molecule has 2 fully saturated rings. The second kappa shape index (κ2) is 11.7. The minimum absolute atomic E-state index is 0.0791. The van der Waals surface area contributed by atoms with Gasteiger partial charge in [-0.25, -0.2) is 0 Å². The van der Waals surface area contributed by atoms with Crippen LogP contribution in [0.15, 0.2) is 30.0 Å². The Bertz CT molecular complexity index is 1220. The van der Waals surface area contributed by atoms with Crippen LogP contribution in [0, 0.1) is 11.8 Å². The number of nitrogens with one attached hydrogen (secondary N) is 2. The summed E-state index contributed by atoms with van der Waals surface area (Å²) < 4.78 is 47.3. The molecule has 4 nitrogen and oxygen atoms in total. The first-order valence-electron chi connectivity index (χ1n) is 13.4. The van der Waals surface area contributed by atoms with Crippen LogP contribution in [-0.4, -0.2) is 67.5 Å². The zero-order valence-electron chi connectivity index (χ0n) is 22.2. The van der Waals surface area contributed by atoms with Crippen molar-refractivity contribution in [3.05, 3.63) is 40.5 Å². The van der Waals surface area contributed by atoms with E-state index < -0.39 is 12.6 Å². The van der Waals surface area contributed by atoms with Crippen molar-refractivity contribution in [3.8, 4) is 11.8 Å². The van der Waals surface area contributed by atoms with Crippen LogP contribution in [0.2, 0.25) is 0 Å². The number of thioether (sulfide) groups is 1. The molecular weight excluding hydrogens is 527 g/mol. The Hall–Kier alpha value is -1.86. The molecule has 5 rings (SSSR count). The zero-order valence-corrected chi connectivity index (χ0v) is 23.8. The predicted molar refractivity (Wildman–Crippen MR) is 153 cm³/mol. The molecule has 2 bridgehead atoms. The SMILES string of the molecule is COC1=CC(SC)CCC1NCC#Cc1sc2c(NC3CC4CCC(C3)N4C)cccc2c1CC(F)(F)F. The normalized spacial score (nSPS) is 27.6. The molecule has 4 unspecified atom stereocenters. The van der Waals surface area contributed by atoms with Crippen LogP contribution < -0.4 is 10.6 Å². The van der Waals surface area contributed by atoms with Crippen LogP contribution in [0.3, 0.4) is 0 Å². The highest BCUT2D eigenvalue weighted by atomic mass is 32.2. The average molecular weight is 564 g/mol. The van der Waals surface area contributed by atoms with E-state index in [0.29, 0.717) is 40.2 Å². The molecule has 4 atom stereocenters. The number of fused-ring (bicyclic) bond motifs is 3. The maximum Gasteiger partial charge on any atom is 0.393 e. The lowest BCUT2D eigenvalue weighted by Gasteiger charge is -2.37. The molecule has 1 aromatic carbocycles. The number of methoxy groups -OCH3 is 1. The summed E-state index contributed by atoms with van der Waals surface area (Å²) in [5.74, 6) is 7.10. The van der Waals surface area contributed by atoms with E-state index >= 15 is 0 Å². The van der Waals surface area contributed by atoms with E-state index in [1.54, 1.807) is 24.9 Å². The van der Waals surface area contributed by atoms with E-state index in [0.717, 1.165) is 41.8 Å². The van der Waals surface area contributed by atoms with Crippen molar-refractivity contribution in [1.82, 2.24) is 10.2 Å². The van der Waals surface area contributed by atoms with Gasteiger partial charge in [-0.15, -0.1) is 11.3 Å². The molecule has 9 heteroatoms. The molecule has 3 aliphatic rings. The molecular formula is C29H36F3N3OS2. The fraction of sp³-hybridized carbons (Fsp3) is 0.586. The van der Waals surface area contributed by atoms with Crippen molar-refractivity contribution in [2.45, 2.75) is 80.5 Å². The Balaban J connectivity index is 1.36. The predicted octanol–water partition coefficient (Wildman–Crippen LogP) is 6.41. The number of alkyl halides is 3. The Morgan fingerprint density at radius 1 is 1.16 bits per heavy atom. The second-order valence-corrected chi connectivity index (χ2v) is 12.7. The third kappa shape index (κ3) is 6.14. The van der Waals surface area contributed by atoms with Crippen LogP contribution in [0.1, 0.15) is 49.0 Å². The maximum absolute atomic E-state index is 13.6. The standard InChI is InChI=1S/C29H36F3N3OS2/c1-35-19-9-10-20(35)15-18(14-19)34-25-7-4-6-22-23(17-29(30,31)32)27(38-28(22)25)8-5-13-33-24-12-11-21(37-3)16-26(24)36-2/h4,6-7,16,18-21,24,33-34H,9-15,17H2,1-3H3. The Kier molecular flexibility index (Phi) is 8.54. The first kappa shape index (κ1) is 27.7. The van der Waals surface area contributed by atoms with Crippen LogP contribution in [0.25, 0.3) is 10.1 Å². The summed E-state index contributed by atoms with van der Waals surface area (Å²) in [6, 6.07) is 7.27. The van der Waals surface area contributed by atoms with Gasteiger partial charge in [0.25, 0.3) is 0 Å². The Morgan fingerprint density at radius 2 is 1.92 bits per heavy atom. The molecule has 0 spiro atoms. The Morgan fingerprint density at radius 3 is 2.61 bits per heavy atom. The number of hydrogen-bond acceptors (Lipinski definition) is 6. The molecule has 3 heterocycles. The van der Waals surface area contributed by atoms with E-state index in [-0.39, 0.29) is 11.6 Å². The van der Waals surface area contributed by atoms with Gasteiger partial charge >= 0.3 is 6.18 Å². The Labute approximate surface area is 231 Å². The van der Waals surface area contributed by atoms with Crippen LogP contribution in [0.4, 0.5) is 18.9 Å². The molecule has 2 aromatic rings. The van der Waals surface area contributed by atoms with Gasteiger partial charge in [-0.2, -0.15) is 24.9 Å². The molecule has 38 heavy (non-hydrogen) atoms. The van der Waals surface area contributed by atoms with Crippen molar-refractivity contribution < 1.29 is 17.9 Å². The van der Waals surface area contributed by atoms with Crippen LogP contribution in [0.5, 0.6) is 0 Å². The van der Waals surface area contributed by atoms with E-state index in [4.69, 9.17) is 4.74 Å². The van der Waals surface area contributed by atoms with E-state index in [1.165, 1.54) is 24.2 Å². The fourth-order valence-electron chi connectivity index (χ4n) is 6.26. The van der Waals surface area contributed by atoms with E-state index in [9.17, 15) is 13.2 Å². The van der Waals surface area contributed by atoms with Gasteiger partial charge in [0.1, 0.15) is 5.76 Å². The lowest BCUT2D eigenvalue weighted by molar-refractivity contribution is -0.126. The van der Waals surface area contributed by atoms with Crippen molar-refractivity contribution in [2.75, 3.05) is 32.3 Å². The number of rotatable bonds is 7. The lowest BCUT2D eigenvalue weighted by atomic mass is 9.97. The average Bonchev–Trinajstić information content (AvgIpc) is 3.31. The first-order chi connectivity index (χ1) is 18.3. The highest BCUT2D eigenvalue weighted by Crippen LogP contribution is 2.41. The summed E-state index contributed by atoms with van der Waals surface area (Å²) in [6.07, 6.45) is 5.57. The number of anilines is 1. The molecule has 2 aliphatic heterocycles. The molecule has 0 radical (unpaired) electrons. The molecule has 0 amide bonds. The van der Waals surface area contributed by atoms with Gasteiger partial charge in [0.15, 0.2) is 0 Å². The smallest absolute Gasteiger partial charge is 0.393 e. The monoisotopic (exact) mass is 563 g/mol. The van der Waals surface area contributed by atoms with Crippen molar-refractivity contribution in [2.24, 2.45) is 0 Å². The summed E-state index contributed by atoms with van der Waals surface area (Å²) >= 11 is 3.18. The first-order valence-corrected chi connectivity index (χ1v) is 15.5. The number of nitrogens with zero attached hydrogens (tertiary/aromatic N) is 1. The summed E-state index contributed by atoms with van der Waals surface area (Å²) in [6.45, 7) is 0.387. The molecule has 1 aromatic heterocycles. The topological polar surface area (TPSA) is 36.5 Å². The number of piperidine rings is 1. The molecule has 2 N–H and O–H groups in total. The quantitative estimate of drug-likeness (QED) is 0.381. The highest BCUT2D eigenvalue weighted by Gasteiger charge is 2.38. The minimum atomic E-state index is -4.30. The van der Waals surface area contributed by atoms with Crippen molar-refractivity contribution in [3.63, 3.8) is 0 Å². The third-order valence-corrected chi connectivity index (χ3v) is 10.4. The molecule has 206 valence electrons. The van der Waals surface area contributed by atoms with Gasteiger partial charge in [-0.05, 0) is 74.9 Å².